The first kappa shape index (κ1) is 16.0. The molecule has 118 valence electrons. The predicted molar refractivity (Wildman–Crippen MR) is 87.0 cm³/mol. The summed E-state index contributed by atoms with van der Waals surface area (Å²) < 4.78 is 0. The number of aliphatic hydroxyl groups is 1. The van der Waals surface area contributed by atoms with E-state index in [2.05, 4.69) is 29.0 Å². The summed E-state index contributed by atoms with van der Waals surface area (Å²) in [4.78, 5) is 11.8. The van der Waals surface area contributed by atoms with Gasteiger partial charge in [0.2, 0.25) is 0 Å². The maximum atomic E-state index is 9.17. The Balaban J connectivity index is 2.34. The summed E-state index contributed by atoms with van der Waals surface area (Å²) in [6, 6.07) is 0.573. The summed E-state index contributed by atoms with van der Waals surface area (Å²) in [5.74, 6) is 2.89. The molecule has 1 aromatic rings. The Bertz CT molecular complexity index is 460. The largest absolute Gasteiger partial charge is 0.396 e. The first-order valence-electron chi connectivity index (χ1n) is 8.14. The van der Waals surface area contributed by atoms with Gasteiger partial charge in [-0.3, -0.25) is 0 Å². The molecule has 2 N–H and O–H groups in total. The van der Waals surface area contributed by atoms with Gasteiger partial charge in [-0.1, -0.05) is 6.92 Å². The van der Waals surface area contributed by atoms with Crippen molar-refractivity contribution in [3.8, 4) is 0 Å². The van der Waals surface area contributed by atoms with Crippen molar-refractivity contribution in [2.45, 2.75) is 58.4 Å². The lowest BCUT2D eigenvalue weighted by molar-refractivity contribution is 0.282. The van der Waals surface area contributed by atoms with Crippen molar-refractivity contribution < 1.29 is 5.11 Å². The van der Waals surface area contributed by atoms with Gasteiger partial charge >= 0.3 is 0 Å². The number of aliphatic hydroxyl groups excluding tert-OH is 1. The van der Waals surface area contributed by atoms with E-state index in [1.165, 1.54) is 19.3 Å². The van der Waals surface area contributed by atoms with E-state index in [1.807, 2.05) is 7.05 Å². The molecule has 5 nitrogen and oxygen atoms in total. The molecule has 0 spiro atoms. The zero-order valence-electron chi connectivity index (χ0n) is 13.5. The van der Waals surface area contributed by atoms with Crippen LogP contribution in [0.25, 0.3) is 0 Å². The van der Waals surface area contributed by atoms with Crippen molar-refractivity contribution >= 4 is 11.6 Å². The number of nitrogens with zero attached hydrogens (tertiary/aromatic N) is 3. The van der Waals surface area contributed by atoms with E-state index in [9.17, 15) is 5.11 Å². The third kappa shape index (κ3) is 3.64. The Morgan fingerprint density at radius 1 is 1.33 bits per heavy atom. The Morgan fingerprint density at radius 2 is 2.10 bits per heavy atom. The summed E-state index contributed by atoms with van der Waals surface area (Å²) >= 11 is 0. The fraction of sp³-hybridized carbons (Fsp3) is 0.750. The summed E-state index contributed by atoms with van der Waals surface area (Å²) in [5, 5.41) is 12.4. The molecule has 1 aliphatic carbocycles. The van der Waals surface area contributed by atoms with Crippen LogP contribution >= 0.6 is 0 Å². The molecular formula is C16H28N4O. The highest BCUT2D eigenvalue weighted by atomic mass is 16.3. The number of anilines is 2. The van der Waals surface area contributed by atoms with Gasteiger partial charge in [0.15, 0.2) is 0 Å². The molecule has 0 bridgehead atoms. The molecule has 21 heavy (non-hydrogen) atoms. The number of hydrogen-bond acceptors (Lipinski definition) is 5. The second kappa shape index (κ2) is 7.59. The van der Waals surface area contributed by atoms with Crippen LogP contribution in [0.15, 0.2) is 0 Å². The highest BCUT2D eigenvalue weighted by molar-refractivity contribution is 5.59. The maximum Gasteiger partial charge on any atom is 0.137 e. The van der Waals surface area contributed by atoms with E-state index < -0.39 is 0 Å². The van der Waals surface area contributed by atoms with Gasteiger partial charge < -0.3 is 15.3 Å². The third-order valence-corrected chi connectivity index (χ3v) is 4.22. The van der Waals surface area contributed by atoms with Gasteiger partial charge in [-0.05, 0) is 39.0 Å². The number of aryl methyl sites for hydroxylation is 1. The van der Waals surface area contributed by atoms with Crippen molar-refractivity contribution in [2.75, 3.05) is 30.4 Å². The molecule has 1 aromatic heterocycles. The molecule has 1 aliphatic rings. The van der Waals surface area contributed by atoms with E-state index in [4.69, 9.17) is 4.98 Å². The van der Waals surface area contributed by atoms with Crippen LogP contribution in [-0.4, -0.2) is 41.3 Å². The molecule has 0 aromatic carbocycles. The van der Waals surface area contributed by atoms with Crippen LogP contribution in [0.4, 0.5) is 11.6 Å². The number of nitrogens with one attached hydrogen (secondary N) is 1. The van der Waals surface area contributed by atoms with Crippen LogP contribution in [0.3, 0.4) is 0 Å². The van der Waals surface area contributed by atoms with Crippen LogP contribution in [0.2, 0.25) is 0 Å². The van der Waals surface area contributed by atoms with Crippen molar-refractivity contribution in [3.05, 3.63) is 11.4 Å². The summed E-state index contributed by atoms with van der Waals surface area (Å²) in [6.45, 7) is 5.33. The van der Waals surface area contributed by atoms with Gasteiger partial charge in [-0.25, -0.2) is 9.97 Å². The second-order valence-electron chi connectivity index (χ2n) is 5.79. The van der Waals surface area contributed by atoms with Gasteiger partial charge in [0.1, 0.15) is 17.5 Å². The molecule has 1 saturated carbocycles. The smallest absolute Gasteiger partial charge is 0.137 e. The molecular weight excluding hydrogens is 264 g/mol. The van der Waals surface area contributed by atoms with Crippen LogP contribution in [-0.2, 0) is 6.42 Å². The van der Waals surface area contributed by atoms with Gasteiger partial charge in [0.25, 0.3) is 0 Å². The molecule has 0 aliphatic heterocycles. The third-order valence-electron chi connectivity index (χ3n) is 4.22. The lowest BCUT2D eigenvalue weighted by Crippen LogP contribution is -2.42. The van der Waals surface area contributed by atoms with E-state index in [0.717, 1.165) is 48.8 Å². The monoisotopic (exact) mass is 292 g/mol. The highest BCUT2D eigenvalue weighted by Gasteiger charge is 2.27. The Morgan fingerprint density at radius 3 is 2.62 bits per heavy atom. The number of hydrogen-bond donors (Lipinski definition) is 2. The summed E-state index contributed by atoms with van der Waals surface area (Å²) in [5.41, 5.74) is 1.11. The lowest BCUT2D eigenvalue weighted by Gasteiger charge is -2.39. The summed E-state index contributed by atoms with van der Waals surface area (Å²) in [6.07, 6.45) is 6.50. The SMILES string of the molecule is CCCc1nc(NC)c(C)c(N(CCCO)C2CCC2)n1. The topological polar surface area (TPSA) is 61.3 Å². The zero-order valence-corrected chi connectivity index (χ0v) is 13.5. The minimum Gasteiger partial charge on any atom is -0.396 e. The highest BCUT2D eigenvalue weighted by Crippen LogP contribution is 2.32. The fourth-order valence-electron chi connectivity index (χ4n) is 2.81. The molecule has 0 saturated heterocycles. The van der Waals surface area contributed by atoms with Gasteiger partial charge in [-0.15, -0.1) is 0 Å². The van der Waals surface area contributed by atoms with E-state index in [1.54, 1.807) is 0 Å². The average molecular weight is 292 g/mol. The van der Waals surface area contributed by atoms with Crippen LogP contribution in [0.5, 0.6) is 0 Å². The van der Waals surface area contributed by atoms with E-state index in [-0.39, 0.29) is 6.61 Å². The first-order valence-corrected chi connectivity index (χ1v) is 8.14. The number of aromatic nitrogens is 2. The Hall–Kier alpha value is -1.36. The molecule has 2 rings (SSSR count). The van der Waals surface area contributed by atoms with Crippen LogP contribution in [0.1, 0.15) is 50.4 Å². The fourth-order valence-corrected chi connectivity index (χ4v) is 2.81. The maximum absolute atomic E-state index is 9.17. The van der Waals surface area contributed by atoms with Crippen LogP contribution in [0, 0.1) is 6.92 Å². The molecule has 0 unspecified atom stereocenters. The van der Waals surface area contributed by atoms with Crippen molar-refractivity contribution in [3.63, 3.8) is 0 Å². The zero-order chi connectivity index (χ0) is 15.2. The molecule has 0 radical (unpaired) electrons. The van der Waals surface area contributed by atoms with Gasteiger partial charge in [0.05, 0.1) is 0 Å². The lowest BCUT2D eigenvalue weighted by atomic mass is 9.91. The minimum absolute atomic E-state index is 0.230. The standard InChI is InChI=1S/C16H28N4O/c1-4-7-14-18-15(17-3)12(2)16(19-14)20(10-6-11-21)13-8-5-9-13/h13,21H,4-11H2,1-3H3,(H,17,18,19). The van der Waals surface area contributed by atoms with Crippen molar-refractivity contribution in [2.24, 2.45) is 0 Å². The predicted octanol–water partition coefficient (Wildman–Crippen LogP) is 2.52. The second-order valence-corrected chi connectivity index (χ2v) is 5.79. The normalized spacial score (nSPS) is 14.9. The van der Waals surface area contributed by atoms with Gasteiger partial charge in [-0.2, -0.15) is 0 Å². The first-order chi connectivity index (χ1) is 10.2. The van der Waals surface area contributed by atoms with Gasteiger partial charge in [0, 0.05) is 38.2 Å². The quantitative estimate of drug-likeness (QED) is 0.771. The molecule has 1 fully saturated rings. The molecule has 0 atom stereocenters. The Labute approximate surface area is 127 Å². The summed E-state index contributed by atoms with van der Waals surface area (Å²) in [7, 11) is 1.91. The van der Waals surface area contributed by atoms with E-state index in [0.29, 0.717) is 6.04 Å². The van der Waals surface area contributed by atoms with Crippen molar-refractivity contribution in [1.29, 1.82) is 0 Å². The average Bonchev–Trinajstić information content (AvgIpc) is 2.43. The molecule has 1 heterocycles. The molecule has 5 heteroatoms. The molecule has 0 amide bonds. The van der Waals surface area contributed by atoms with Crippen LogP contribution < -0.4 is 10.2 Å². The minimum atomic E-state index is 0.230. The Kier molecular flexibility index (Phi) is 5.79. The number of rotatable bonds is 8. The van der Waals surface area contributed by atoms with E-state index >= 15 is 0 Å². The van der Waals surface area contributed by atoms with Crippen molar-refractivity contribution in [1.82, 2.24) is 9.97 Å².